The summed E-state index contributed by atoms with van der Waals surface area (Å²) in [5.74, 6) is 0. The van der Waals surface area contributed by atoms with Crippen LogP contribution in [0.1, 0.15) is 17.5 Å². The molecule has 1 aliphatic rings. The summed E-state index contributed by atoms with van der Waals surface area (Å²) in [6, 6.07) is 8.52. The molecule has 0 spiro atoms. The van der Waals surface area contributed by atoms with E-state index in [1.807, 2.05) is 12.1 Å². The maximum Gasteiger partial charge on any atom is 0.186 e. The average Bonchev–Trinajstić information content (AvgIpc) is 2.55. The van der Waals surface area contributed by atoms with Gasteiger partial charge >= 0.3 is 0 Å². The van der Waals surface area contributed by atoms with Crippen LogP contribution < -0.4 is 0 Å². The lowest BCUT2D eigenvalue weighted by Crippen LogP contribution is -2.38. The molecule has 1 aromatic rings. The largest absolute Gasteiger partial charge is 0.396 e. The number of nitriles is 1. The molecule has 2 rings (SSSR count). The Bertz CT molecular complexity index is 489. The van der Waals surface area contributed by atoms with Crippen molar-refractivity contribution in [2.45, 2.75) is 38.1 Å². The van der Waals surface area contributed by atoms with Crippen LogP contribution in [0.2, 0.25) is 19.6 Å². The van der Waals surface area contributed by atoms with E-state index in [-0.39, 0.29) is 0 Å². The van der Waals surface area contributed by atoms with E-state index in [1.54, 1.807) is 0 Å². The highest BCUT2D eigenvalue weighted by Gasteiger charge is 2.43. The number of halogens is 1. The standard InChI is InChI=1S/C13H16BrNOSi/c1-17(2,3)16-13(9-15)7-6-10-8-11(14)4-5-12(10)13/h4-5,8H,6-7H2,1-3H3/t13-/m1/s1. The third-order valence-electron chi connectivity index (χ3n) is 2.91. The van der Waals surface area contributed by atoms with E-state index >= 15 is 0 Å². The number of benzene rings is 1. The van der Waals surface area contributed by atoms with Crippen molar-refractivity contribution in [1.29, 1.82) is 5.26 Å². The number of nitrogens with zero attached hydrogens (tertiary/aromatic N) is 1. The Morgan fingerprint density at radius 3 is 2.71 bits per heavy atom. The second kappa shape index (κ2) is 4.24. The van der Waals surface area contributed by atoms with Crippen LogP contribution in [0.15, 0.2) is 22.7 Å². The normalized spacial score (nSPS) is 23.2. The Kier molecular flexibility index (Phi) is 3.19. The van der Waals surface area contributed by atoms with E-state index in [1.165, 1.54) is 5.56 Å². The monoisotopic (exact) mass is 309 g/mol. The van der Waals surface area contributed by atoms with E-state index < -0.39 is 13.9 Å². The molecule has 0 fully saturated rings. The summed E-state index contributed by atoms with van der Waals surface area (Å²) in [6.07, 6.45) is 1.70. The van der Waals surface area contributed by atoms with Crippen molar-refractivity contribution in [2.24, 2.45) is 0 Å². The Morgan fingerprint density at radius 2 is 2.12 bits per heavy atom. The third kappa shape index (κ3) is 2.47. The van der Waals surface area contributed by atoms with E-state index in [9.17, 15) is 5.26 Å². The van der Waals surface area contributed by atoms with Crippen LogP contribution in [0.25, 0.3) is 0 Å². The van der Waals surface area contributed by atoms with Crippen LogP contribution in [0.5, 0.6) is 0 Å². The Morgan fingerprint density at radius 1 is 1.41 bits per heavy atom. The summed E-state index contributed by atoms with van der Waals surface area (Å²) in [7, 11) is -1.73. The van der Waals surface area contributed by atoms with Gasteiger partial charge < -0.3 is 4.43 Å². The van der Waals surface area contributed by atoms with Crippen LogP contribution in [0.3, 0.4) is 0 Å². The fourth-order valence-corrected chi connectivity index (χ4v) is 4.09. The van der Waals surface area contributed by atoms with Crippen LogP contribution in [0, 0.1) is 11.3 Å². The lowest BCUT2D eigenvalue weighted by atomic mass is 9.98. The number of fused-ring (bicyclic) bond motifs is 1. The lowest BCUT2D eigenvalue weighted by molar-refractivity contribution is 0.121. The van der Waals surface area contributed by atoms with Gasteiger partial charge in [-0.25, -0.2) is 0 Å². The third-order valence-corrected chi connectivity index (χ3v) is 4.36. The molecule has 90 valence electrons. The minimum absolute atomic E-state index is 0.708. The predicted octanol–water partition coefficient (Wildman–Crippen LogP) is 3.97. The van der Waals surface area contributed by atoms with Crippen molar-refractivity contribution >= 4 is 24.2 Å². The Hall–Kier alpha value is -0.633. The minimum atomic E-state index is -1.73. The zero-order chi connectivity index (χ0) is 12.7. The van der Waals surface area contributed by atoms with E-state index in [0.717, 1.165) is 22.9 Å². The molecule has 0 aromatic heterocycles. The van der Waals surface area contributed by atoms with E-state index in [4.69, 9.17) is 4.43 Å². The smallest absolute Gasteiger partial charge is 0.186 e. The summed E-state index contributed by atoms with van der Waals surface area (Å²) in [4.78, 5) is 0. The second-order valence-electron chi connectivity index (χ2n) is 5.45. The molecule has 0 saturated heterocycles. The van der Waals surface area contributed by atoms with Gasteiger partial charge in [-0.3, -0.25) is 0 Å². The minimum Gasteiger partial charge on any atom is -0.396 e. The number of rotatable bonds is 2. The van der Waals surface area contributed by atoms with Gasteiger partial charge in [0.2, 0.25) is 0 Å². The molecule has 17 heavy (non-hydrogen) atoms. The van der Waals surface area contributed by atoms with E-state index in [2.05, 4.69) is 47.7 Å². The first-order valence-corrected chi connectivity index (χ1v) is 9.97. The van der Waals surface area contributed by atoms with Gasteiger partial charge in [-0.1, -0.05) is 22.0 Å². The summed E-state index contributed by atoms with van der Waals surface area (Å²) in [6.45, 7) is 6.38. The molecule has 1 aliphatic carbocycles. The van der Waals surface area contributed by atoms with Crippen molar-refractivity contribution in [3.8, 4) is 6.07 Å². The summed E-state index contributed by atoms with van der Waals surface area (Å²) >= 11 is 3.47. The zero-order valence-corrected chi connectivity index (χ0v) is 13.0. The quantitative estimate of drug-likeness (QED) is 0.775. The molecule has 0 unspecified atom stereocenters. The van der Waals surface area contributed by atoms with Crippen LogP contribution in [0.4, 0.5) is 0 Å². The molecule has 0 radical (unpaired) electrons. The van der Waals surface area contributed by atoms with Gasteiger partial charge in [-0.2, -0.15) is 5.26 Å². The Labute approximate surface area is 112 Å². The van der Waals surface area contributed by atoms with E-state index in [0.29, 0.717) is 0 Å². The van der Waals surface area contributed by atoms with Crippen molar-refractivity contribution in [3.05, 3.63) is 33.8 Å². The van der Waals surface area contributed by atoms with Gasteiger partial charge in [-0.15, -0.1) is 0 Å². The summed E-state index contributed by atoms with van der Waals surface area (Å²) in [5, 5.41) is 9.53. The number of hydrogen-bond donors (Lipinski definition) is 0. The average molecular weight is 310 g/mol. The maximum atomic E-state index is 9.53. The zero-order valence-electron chi connectivity index (χ0n) is 10.4. The highest BCUT2D eigenvalue weighted by molar-refractivity contribution is 9.10. The van der Waals surface area contributed by atoms with Crippen LogP contribution in [-0.4, -0.2) is 8.32 Å². The summed E-state index contributed by atoms with van der Waals surface area (Å²) in [5.41, 5.74) is 1.59. The predicted molar refractivity (Wildman–Crippen MR) is 74.2 cm³/mol. The second-order valence-corrected chi connectivity index (χ2v) is 10.8. The van der Waals surface area contributed by atoms with Crippen LogP contribution >= 0.6 is 15.9 Å². The molecule has 1 atom stereocenters. The van der Waals surface area contributed by atoms with Gasteiger partial charge in [0.15, 0.2) is 13.9 Å². The van der Waals surface area contributed by atoms with Crippen molar-refractivity contribution in [3.63, 3.8) is 0 Å². The van der Waals surface area contributed by atoms with Gasteiger partial charge in [-0.05, 0) is 50.2 Å². The number of hydrogen-bond acceptors (Lipinski definition) is 2. The summed E-state index contributed by atoms with van der Waals surface area (Å²) < 4.78 is 7.23. The van der Waals surface area contributed by atoms with Gasteiger partial charge in [0, 0.05) is 10.0 Å². The molecule has 0 saturated carbocycles. The molecule has 4 heteroatoms. The molecular formula is C13H16BrNOSi. The first-order valence-electron chi connectivity index (χ1n) is 5.77. The van der Waals surface area contributed by atoms with Gasteiger partial charge in [0.1, 0.15) is 6.07 Å². The molecule has 0 bridgehead atoms. The SMILES string of the molecule is C[Si](C)(C)O[C@@]1(C#N)CCc2cc(Br)ccc21. The molecular weight excluding hydrogens is 294 g/mol. The number of aryl methyl sites for hydroxylation is 1. The Balaban J connectivity index is 2.45. The van der Waals surface area contributed by atoms with Crippen LogP contribution in [-0.2, 0) is 16.4 Å². The van der Waals surface area contributed by atoms with Crippen molar-refractivity contribution in [2.75, 3.05) is 0 Å². The first kappa shape index (κ1) is 12.8. The molecule has 0 N–H and O–H groups in total. The molecule has 0 aliphatic heterocycles. The lowest BCUT2D eigenvalue weighted by Gasteiger charge is -2.31. The first-order chi connectivity index (χ1) is 7.86. The molecule has 0 heterocycles. The fraction of sp³-hybridized carbons (Fsp3) is 0.462. The highest BCUT2D eigenvalue weighted by atomic mass is 79.9. The fourth-order valence-electron chi connectivity index (χ4n) is 2.38. The van der Waals surface area contributed by atoms with Crippen molar-refractivity contribution in [1.82, 2.24) is 0 Å². The van der Waals surface area contributed by atoms with Gasteiger partial charge in [0.25, 0.3) is 0 Å². The van der Waals surface area contributed by atoms with Gasteiger partial charge in [0.05, 0.1) is 0 Å². The van der Waals surface area contributed by atoms with Crippen molar-refractivity contribution < 1.29 is 4.43 Å². The molecule has 1 aromatic carbocycles. The highest BCUT2D eigenvalue weighted by Crippen LogP contribution is 2.42. The molecule has 2 nitrogen and oxygen atoms in total. The molecule has 0 amide bonds. The maximum absolute atomic E-state index is 9.53. The topological polar surface area (TPSA) is 33.0 Å².